The first-order chi connectivity index (χ1) is 10.2. The smallest absolute Gasteiger partial charge is 0.0234 e. The molecular formula is C19H32N2. The number of nitrogens with zero attached hydrogens (tertiary/aromatic N) is 1. The van der Waals surface area contributed by atoms with Gasteiger partial charge in [-0.05, 0) is 49.4 Å². The summed E-state index contributed by atoms with van der Waals surface area (Å²) >= 11 is 0. The molecule has 0 radical (unpaired) electrons. The van der Waals surface area contributed by atoms with E-state index in [1.54, 1.807) is 0 Å². The molecule has 1 N–H and O–H groups in total. The van der Waals surface area contributed by atoms with Crippen molar-refractivity contribution in [3.05, 3.63) is 35.4 Å². The van der Waals surface area contributed by atoms with Crippen LogP contribution >= 0.6 is 0 Å². The maximum absolute atomic E-state index is 3.63. The van der Waals surface area contributed by atoms with Gasteiger partial charge in [0.2, 0.25) is 0 Å². The van der Waals surface area contributed by atoms with Crippen LogP contribution in [0.15, 0.2) is 24.3 Å². The van der Waals surface area contributed by atoms with Crippen molar-refractivity contribution < 1.29 is 0 Å². The molecule has 0 bridgehead atoms. The van der Waals surface area contributed by atoms with Crippen LogP contribution in [0.5, 0.6) is 0 Å². The predicted octanol–water partition coefficient (Wildman–Crippen LogP) is 4.16. The zero-order chi connectivity index (χ0) is 15.1. The number of hydrogen-bond acceptors (Lipinski definition) is 2. The summed E-state index contributed by atoms with van der Waals surface area (Å²) in [5.41, 5.74) is 2.89. The largest absolute Gasteiger partial charge is 0.313 e. The van der Waals surface area contributed by atoms with Crippen molar-refractivity contribution in [1.29, 1.82) is 0 Å². The van der Waals surface area contributed by atoms with Crippen LogP contribution in [0.4, 0.5) is 0 Å². The Kier molecular flexibility index (Phi) is 6.72. The van der Waals surface area contributed by atoms with E-state index >= 15 is 0 Å². The van der Waals surface area contributed by atoms with Gasteiger partial charge in [-0.3, -0.25) is 4.90 Å². The summed E-state index contributed by atoms with van der Waals surface area (Å²) in [6, 6.07) is 9.93. The third-order valence-corrected chi connectivity index (χ3v) is 4.52. The number of benzene rings is 1. The fraction of sp³-hybridized carbons (Fsp3) is 0.684. The molecule has 1 aliphatic heterocycles. The minimum absolute atomic E-state index is 0.623. The van der Waals surface area contributed by atoms with E-state index in [0.717, 1.165) is 6.54 Å². The highest BCUT2D eigenvalue weighted by molar-refractivity contribution is 5.24. The fourth-order valence-electron chi connectivity index (χ4n) is 3.11. The lowest BCUT2D eigenvalue weighted by Crippen LogP contribution is -2.37. The summed E-state index contributed by atoms with van der Waals surface area (Å²) in [6.07, 6.45) is 5.27. The second kappa shape index (κ2) is 8.55. The third-order valence-electron chi connectivity index (χ3n) is 4.52. The van der Waals surface area contributed by atoms with Crippen LogP contribution < -0.4 is 5.32 Å². The second-order valence-electron chi connectivity index (χ2n) is 6.78. The molecule has 0 spiro atoms. The molecule has 0 aromatic heterocycles. The van der Waals surface area contributed by atoms with Gasteiger partial charge in [0.15, 0.2) is 0 Å². The first-order valence-electron chi connectivity index (χ1n) is 8.73. The van der Waals surface area contributed by atoms with Gasteiger partial charge in [-0.25, -0.2) is 0 Å². The molecule has 0 amide bonds. The first-order valence-corrected chi connectivity index (χ1v) is 8.73. The Labute approximate surface area is 130 Å². The highest BCUT2D eigenvalue weighted by Crippen LogP contribution is 2.16. The van der Waals surface area contributed by atoms with Crippen molar-refractivity contribution in [1.82, 2.24) is 10.2 Å². The van der Waals surface area contributed by atoms with Gasteiger partial charge >= 0.3 is 0 Å². The number of nitrogens with one attached hydrogen (secondary N) is 1. The van der Waals surface area contributed by atoms with Crippen LogP contribution in [0, 0.1) is 0 Å². The third kappa shape index (κ3) is 5.44. The van der Waals surface area contributed by atoms with Crippen molar-refractivity contribution >= 4 is 0 Å². The quantitative estimate of drug-likeness (QED) is 0.772. The standard InChI is InChI=1S/C19H32N2/c1-4-5-13-21(15-19-7-6-12-20-19)14-17-8-10-18(11-9-17)16(2)3/h8-11,16,19-20H,4-7,12-15H2,1-3H3. The lowest BCUT2D eigenvalue weighted by molar-refractivity contribution is 0.237. The van der Waals surface area contributed by atoms with Crippen molar-refractivity contribution in [2.24, 2.45) is 0 Å². The van der Waals surface area contributed by atoms with Gasteiger partial charge in [0, 0.05) is 19.1 Å². The molecule has 1 aromatic rings. The number of hydrogen-bond donors (Lipinski definition) is 1. The van der Waals surface area contributed by atoms with Gasteiger partial charge in [-0.2, -0.15) is 0 Å². The van der Waals surface area contributed by atoms with Crippen molar-refractivity contribution in [2.45, 2.75) is 65.0 Å². The van der Waals surface area contributed by atoms with Crippen LogP contribution in [0.25, 0.3) is 0 Å². The van der Waals surface area contributed by atoms with E-state index in [1.807, 2.05) is 0 Å². The summed E-state index contributed by atoms with van der Waals surface area (Å²) in [5, 5.41) is 3.63. The van der Waals surface area contributed by atoms with E-state index in [2.05, 4.69) is 55.3 Å². The van der Waals surface area contributed by atoms with Crippen LogP contribution in [-0.4, -0.2) is 30.6 Å². The molecule has 118 valence electrons. The monoisotopic (exact) mass is 288 g/mol. The van der Waals surface area contributed by atoms with Gasteiger partial charge in [0.1, 0.15) is 0 Å². The van der Waals surface area contributed by atoms with Gasteiger partial charge in [0.25, 0.3) is 0 Å². The fourth-order valence-corrected chi connectivity index (χ4v) is 3.11. The maximum Gasteiger partial charge on any atom is 0.0234 e. The Balaban J connectivity index is 1.92. The number of rotatable bonds is 8. The van der Waals surface area contributed by atoms with Gasteiger partial charge in [0.05, 0.1) is 0 Å². The zero-order valence-electron chi connectivity index (χ0n) is 14.1. The van der Waals surface area contributed by atoms with Gasteiger partial charge in [-0.1, -0.05) is 51.5 Å². The van der Waals surface area contributed by atoms with E-state index in [9.17, 15) is 0 Å². The minimum atomic E-state index is 0.623. The van der Waals surface area contributed by atoms with E-state index in [0.29, 0.717) is 12.0 Å². The van der Waals surface area contributed by atoms with E-state index in [1.165, 1.54) is 56.4 Å². The van der Waals surface area contributed by atoms with E-state index in [4.69, 9.17) is 0 Å². The predicted molar refractivity (Wildman–Crippen MR) is 91.7 cm³/mol. The lowest BCUT2D eigenvalue weighted by Gasteiger charge is -2.26. The molecule has 1 unspecified atom stereocenters. The molecule has 1 atom stereocenters. The SMILES string of the molecule is CCCCN(Cc1ccc(C(C)C)cc1)CC1CCCN1. The molecule has 21 heavy (non-hydrogen) atoms. The van der Waals surface area contributed by atoms with Crippen molar-refractivity contribution in [2.75, 3.05) is 19.6 Å². The van der Waals surface area contributed by atoms with Crippen LogP contribution in [0.1, 0.15) is 63.5 Å². The Bertz CT molecular complexity index is 391. The van der Waals surface area contributed by atoms with Crippen LogP contribution in [-0.2, 0) is 6.54 Å². The molecule has 1 heterocycles. The van der Waals surface area contributed by atoms with E-state index < -0.39 is 0 Å². The second-order valence-corrected chi connectivity index (χ2v) is 6.78. The molecule has 1 saturated heterocycles. The summed E-state index contributed by atoms with van der Waals surface area (Å²) in [5.74, 6) is 0.623. The zero-order valence-corrected chi connectivity index (χ0v) is 14.1. The number of unbranched alkanes of at least 4 members (excludes halogenated alkanes) is 1. The Morgan fingerprint density at radius 1 is 1.24 bits per heavy atom. The Morgan fingerprint density at radius 3 is 2.57 bits per heavy atom. The van der Waals surface area contributed by atoms with Crippen LogP contribution in [0.2, 0.25) is 0 Å². The van der Waals surface area contributed by atoms with Crippen LogP contribution in [0.3, 0.4) is 0 Å². The minimum Gasteiger partial charge on any atom is -0.313 e. The summed E-state index contributed by atoms with van der Waals surface area (Å²) in [7, 11) is 0. The van der Waals surface area contributed by atoms with Gasteiger partial charge < -0.3 is 5.32 Å². The molecular weight excluding hydrogens is 256 g/mol. The first kappa shape index (κ1) is 16.5. The highest BCUT2D eigenvalue weighted by Gasteiger charge is 2.17. The van der Waals surface area contributed by atoms with Crippen molar-refractivity contribution in [3.63, 3.8) is 0 Å². The summed E-state index contributed by atoms with van der Waals surface area (Å²) in [6.45, 7) is 11.5. The maximum atomic E-state index is 3.63. The molecule has 0 aliphatic carbocycles. The molecule has 2 nitrogen and oxygen atoms in total. The summed E-state index contributed by atoms with van der Waals surface area (Å²) in [4.78, 5) is 2.64. The summed E-state index contributed by atoms with van der Waals surface area (Å²) < 4.78 is 0. The average Bonchev–Trinajstić information content (AvgIpc) is 2.98. The van der Waals surface area contributed by atoms with Crippen molar-refractivity contribution in [3.8, 4) is 0 Å². The van der Waals surface area contributed by atoms with Gasteiger partial charge in [-0.15, -0.1) is 0 Å². The topological polar surface area (TPSA) is 15.3 Å². The molecule has 2 heteroatoms. The Hall–Kier alpha value is -0.860. The molecule has 1 aliphatic rings. The highest BCUT2D eigenvalue weighted by atomic mass is 15.1. The molecule has 1 aromatic carbocycles. The normalized spacial score (nSPS) is 18.8. The lowest BCUT2D eigenvalue weighted by atomic mass is 10.0. The molecule has 0 saturated carbocycles. The average molecular weight is 288 g/mol. The molecule has 1 fully saturated rings. The molecule has 2 rings (SSSR count). The van der Waals surface area contributed by atoms with E-state index in [-0.39, 0.29) is 0 Å². The Morgan fingerprint density at radius 2 is 2.00 bits per heavy atom.